The largest absolute Gasteiger partial charge is 0.391 e. The summed E-state index contributed by atoms with van der Waals surface area (Å²) in [6.45, 7) is 7.58. The molecule has 1 aromatic rings. The van der Waals surface area contributed by atoms with Gasteiger partial charge in [-0.05, 0) is 31.7 Å². The first-order valence-electron chi connectivity index (χ1n) is 6.74. The van der Waals surface area contributed by atoms with E-state index in [2.05, 4.69) is 10.4 Å². The average Bonchev–Trinajstić information content (AvgIpc) is 2.33. The molecule has 1 amide bonds. The van der Waals surface area contributed by atoms with E-state index in [1.807, 2.05) is 13.8 Å². The molecule has 0 aliphatic carbocycles. The van der Waals surface area contributed by atoms with Crippen LogP contribution in [0.25, 0.3) is 0 Å². The van der Waals surface area contributed by atoms with Crippen LogP contribution >= 0.6 is 0 Å². The molecule has 0 aliphatic heterocycles. The van der Waals surface area contributed by atoms with Crippen LogP contribution in [0.2, 0.25) is 0 Å². The summed E-state index contributed by atoms with van der Waals surface area (Å²) in [5.41, 5.74) is 0.879. The van der Waals surface area contributed by atoms with E-state index in [-0.39, 0.29) is 12.1 Å². The molecule has 1 atom stereocenters. The predicted molar refractivity (Wildman–Crippen MR) is 76.7 cm³/mol. The normalized spacial score (nSPS) is 12.6. The van der Waals surface area contributed by atoms with Crippen LogP contribution in [0.3, 0.4) is 0 Å². The Morgan fingerprint density at radius 2 is 2.00 bits per heavy atom. The van der Waals surface area contributed by atoms with Crippen molar-refractivity contribution in [2.75, 3.05) is 6.54 Å². The first kappa shape index (κ1) is 16.4. The van der Waals surface area contributed by atoms with Crippen LogP contribution in [-0.2, 0) is 7.05 Å². The van der Waals surface area contributed by atoms with Crippen molar-refractivity contribution in [2.45, 2.75) is 40.2 Å². The van der Waals surface area contributed by atoms with Crippen molar-refractivity contribution in [3.05, 3.63) is 27.2 Å². The molecule has 0 radical (unpaired) electrons. The highest BCUT2D eigenvalue weighted by atomic mass is 16.3. The molecule has 0 aromatic carbocycles. The molecule has 0 spiro atoms. The lowest BCUT2D eigenvalue weighted by Gasteiger charge is -2.15. The van der Waals surface area contributed by atoms with Crippen LogP contribution in [0.15, 0.2) is 4.79 Å². The Balaban J connectivity index is 2.86. The van der Waals surface area contributed by atoms with Gasteiger partial charge in [-0.15, -0.1) is 0 Å². The van der Waals surface area contributed by atoms with E-state index < -0.39 is 17.6 Å². The monoisotopic (exact) mass is 281 g/mol. The van der Waals surface area contributed by atoms with Gasteiger partial charge in [-0.3, -0.25) is 9.59 Å². The van der Waals surface area contributed by atoms with Gasteiger partial charge in [-0.2, -0.15) is 5.10 Å². The van der Waals surface area contributed by atoms with Gasteiger partial charge in [0.05, 0.1) is 11.8 Å². The summed E-state index contributed by atoms with van der Waals surface area (Å²) in [7, 11) is 1.51. The molecule has 2 N–H and O–H groups in total. The SMILES string of the molecule is Cc1nn(C)c(=O)c(C(=O)NCC(O)CC(C)C)c1C. The fourth-order valence-corrected chi connectivity index (χ4v) is 2.04. The zero-order chi connectivity index (χ0) is 15.4. The fraction of sp³-hybridized carbons (Fsp3) is 0.643. The summed E-state index contributed by atoms with van der Waals surface area (Å²) in [6.07, 6.45) is -0.00170. The van der Waals surface area contributed by atoms with Gasteiger partial charge in [-0.25, -0.2) is 4.68 Å². The fourth-order valence-electron chi connectivity index (χ4n) is 2.04. The molecule has 6 nitrogen and oxygen atoms in total. The lowest BCUT2D eigenvalue weighted by molar-refractivity contribution is 0.0897. The number of rotatable bonds is 5. The second kappa shape index (κ2) is 6.65. The van der Waals surface area contributed by atoms with E-state index in [4.69, 9.17) is 0 Å². The molecule has 0 fully saturated rings. The van der Waals surface area contributed by atoms with Crippen LogP contribution in [0, 0.1) is 19.8 Å². The van der Waals surface area contributed by atoms with Crippen molar-refractivity contribution in [3.8, 4) is 0 Å². The van der Waals surface area contributed by atoms with Gasteiger partial charge in [0.1, 0.15) is 5.56 Å². The van der Waals surface area contributed by atoms with E-state index in [9.17, 15) is 14.7 Å². The molecule has 20 heavy (non-hydrogen) atoms. The smallest absolute Gasteiger partial charge is 0.279 e. The van der Waals surface area contributed by atoms with Crippen LogP contribution < -0.4 is 10.9 Å². The topological polar surface area (TPSA) is 84.2 Å². The van der Waals surface area contributed by atoms with Gasteiger partial charge in [0.2, 0.25) is 0 Å². The highest BCUT2D eigenvalue weighted by Crippen LogP contribution is 2.07. The average molecular weight is 281 g/mol. The highest BCUT2D eigenvalue weighted by Gasteiger charge is 2.18. The number of hydrogen-bond donors (Lipinski definition) is 2. The van der Waals surface area contributed by atoms with Gasteiger partial charge >= 0.3 is 0 Å². The number of aliphatic hydroxyl groups excluding tert-OH is 1. The minimum absolute atomic E-state index is 0.0942. The number of hydrogen-bond acceptors (Lipinski definition) is 4. The van der Waals surface area contributed by atoms with Crippen molar-refractivity contribution in [1.29, 1.82) is 0 Å². The summed E-state index contributed by atoms with van der Waals surface area (Å²) < 4.78 is 1.15. The molecule has 0 saturated carbocycles. The summed E-state index contributed by atoms with van der Waals surface area (Å²) in [4.78, 5) is 24.1. The second-order valence-electron chi connectivity index (χ2n) is 5.51. The standard InChI is InChI=1S/C14H23N3O3/c1-8(2)6-11(18)7-15-13(19)12-9(3)10(4)16-17(5)14(12)20/h8,11,18H,6-7H2,1-5H3,(H,15,19). The number of aromatic nitrogens is 2. The lowest BCUT2D eigenvalue weighted by atomic mass is 10.1. The Hall–Kier alpha value is -1.69. The molecule has 1 rings (SSSR count). The summed E-state index contributed by atoms with van der Waals surface area (Å²) in [5, 5.41) is 16.4. The number of nitrogens with one attached hydrogen (secondary N) is 1. The minimum Gasteiger partial charge on any atom is -0.391 e. The highest BCUT2D eigenvalue weighted by molar-refractivity contribution is 5.95. The van der Waals surface area contributed by atoms with Gasteiger partial charge in [0, 0.05) is 13.6 Å². The van der Waals surface area contributed by atoms with Gasteiger partial charge < -0.3 is 10.4 Å². The van der Waals surface area contributed by atoms with E-state index in [1.165, 1.54) is 7.05 Å². The van der Waals surface area contributed by atoms with Crippen molar-refractivity contribution >= 4 is 5.91 Å². The Kier molecular flexibility index (Phi) is 5.44. The van der Waals surface area contributed by atoms with Crippen molar-refractivity contribution < 1.29 is 9.90 Å². The third-order valence-electron chi connectivity index (χ3n) is 3.19. The first-order valence-corrected chi connectivity index (χ1v) is 6.74. The minimum atomic E-state index is -0.606. The molecule has 1 heterocycles. The van der Waals surface area contributed by atoms with Crippen molar-refractivity contribution in [2.24, 2.45) is 13.0 Å². The molecule has 0 bridgehead atoms. The molecule has 112 valence electrons. The number of carbonyl (C=O) groups excluding carboxylic acids is 1. The van der Waals surface area contributed by atoms with Gasteiger partial charge in [0.15, 0.2) is 0 Å². The van der Waals surface area contributed by atoms with Crippen molar-refractivity contribution in [3.63, 3.8) is 0 Å². The number of amides is 1. The Labute approximate surface area is 118 Å². The number of aliphatic hydroxyl groups is 1. The molecule has 6 heteroatoms. The molecular weight excluding hydrogens is 258 g/mol. The predicted octanol–water partition coefficient (Wildman–Crippen LogP) is 0.534. The van der Waals surface area contributed by atoms with E-state index in [1.54, 1.807) is 13.8 Å². The van der Waals surface area contributed by atoms with Crippen molar-refractivity contribution in [1.82, 2.24) is 15.1 Å². The second-order valence-corrected chi connectivity index (χ2v) is 5.51. The van der Waals surface area contributed by atoms with Crippen LogP contribution in [-0.4, -0.2) is 33.4 Å². The zero-order valence-electron chi connectivity index (χ0n) is 12.7. The molecule has 1 unspecified atom stereocenters. The van der Waals surface area contributed by atoms with Crippen LogP contribution in [0.5, 0.6) is 0 Å². The molecule has 0 aliphatic rings. The maximum atomic E-state index is 12.1. The Morgan fingerprint density at radius 3 is 2.55 bits per heavy atom. The third kappa shape index (κ3) is 3.90. The quantitative estimate of drug-likeness (QED) is 0.824. The maximum Gasteiger partial charge on any atom is 0.279 e. The molecule has 1 aromatic heterocycles. The summed E-state index contributed by atoms with van der Waals surface area (Å²) in [6, 6.07) is 0. The van der Waals surface area contributed by atoms with E-state index in [0.29, 0.717) is 23.6 Å². The summed E-state index contributed by atoms with van der Waals surface area (Å²) >= 11 is 0. The lowest BCUT2D eigenvalue weighted by Crippen LogP contribution is -2.38. The van der Waals surface area contributed by atoms with E-state index in [0.717, 1.165) is 4.68 Å². The third-order valence-corrected chi connectivity index (χ3v) is 3.19. The Morgan fingerprint density at radius 1 is 1.40 bits per heavy atom. The molecule has 0 saturated heterocycles. The van der Waals surface area contributed by atoms with Crippen LogP contribution in [0.1, 0.15) is 41.9 Å². The number of nitrogens with zero attached hydrogens (tertiary/aromatic N) is 2. The number of carbonyl (C=O) groups is 1. The molecular formula is C14H23N3O3. The summed E-state index contributed by atoms with van der Waals surface area (Å²) in [5.74, 6) is -0.115. The maximum absolute atomic E-state index is 12.1. The van der Waals surface area contributed by atoms with Gasteiger partial charge in [0.25, 0.3) is 11.5 Å². The van der Waals surface area contributed by atoms with Crippen LogP contribution in [0.4, 0.5) is 0 Å². The van der Waals surface area contributed by atoms with E-state index >= 15 is 0 Å². The first-order chi connectivity index (χ1) is 9.23. The Bertz CT molecular complexity index is 549. The number of aryl methyl sites for hydroxylation is 2. The zero-order valence-corrected chi connectivity index (χ0v) is 12.7. The van der Waals surface area contributed by atoms with Gasteiger partial charge in [-0.1, -0.05) is 13.8 Å².